The molecule has 1 aromatic carbocycles. The van der Waals surface area contributed by atoms with E-state index in [0.717, 1.165) is 9.35 Å². The molecule has 8 heteroatoms. The molecule has 0 fully saturated rings. The van der Waals surface area contributed by atoms with Crippen molar-refractivity contribution < 1.29 is 12.8 Å². The molecule has 0 spiro atoms. The molecule has 2 aromatic rings. The fourth-order valence-electron chi connectivity index (χ4n) is 1.76. The Hall–Kier alpha value is -0.800. The van der Waals surface area contributed by atoms with Crippen LogP contribution in [0.3, 0.4) is 0 Å². The van der Waals surface area contributed by atoms with Gasteiger partial charge in [-0.2, -0.15) is 0 Å². The summed E-state index contributed by atoms with van der Waals surface area (Å²) < 4.78 is 41.5. The summed E-state index contributed by atoms with van der Waals surface area (Å²) in [6.07, 6.45) is 0. The molecule has 0 saturated heterocycles. The first kappa shape index (κ1) is 16.6. The van der Waals surface area contributed by atoms with Crippen molar-refractivity contribution in [2.45, 2.75) is 18.0 Å². The van der Waals surface area contributed by atoms with E-state index >= 15 is 0 Å². The van der Waals surface area contributed by atoms with Gasteiger partial charge in [0.05, 0.1) is 0 Å². The average molecular weight is 393 g/mol. The van der Waals surface area contributed by atoms with Crippen LogP contribution in [0.15, 0.2) is 39.0 Å². The van der Waals surface area contributed by atoms with Crippen molar-refractivity contribution in [1.29, 1.82) is 0 Å². The van der Waals surface area contributed by atoms with Gasteiger partial charge >= 0.3 is 0 Å². The number of sulfonamides is 1. The van der Waals surface area contributed by atoms with Crippen molar-refractivity contribution in [1.82, 2.24) is 10.0 Å². The Kier molecular flexibility index (Phi) is 5.50. The molecule has 0 amide bonds. The van der Waals surface area contributed by atoms with Crippen LogP contribution < -0.4 is 10.0 Å². The highest BCUT2D eigenvalue weighted by molar-refractivity contribution is 9.10. The molecular formula is C13H14BrFN2O2S2. The normalized spacial score (nSPS) is 11.8. The van der Waals surface area contributed by atoms with Crippen molar-refractivity contribution in [3.05, 3.63) is 50.4 Å². The lowest BCUT2D eigenvalue weighted by Crippen LogP contribution is -2.24. The van der Waals surface area contributed by atoms with Gasteiger partial charge in [-0.1, -0.05) is 6.07 Å². The summed E-state index contributed by atoms with van der Waals surface area (Å²) in [6, 6.07) is 5.89. The fraction of sp³-hybridized carbons (Fsp3) is 0.231. The van der Waals surface area contributed by atoms with Crippen LogP contribution in [0.2, 0.25) is 0 Å². The minimum absolute atomic E-state index is 0.133. The van der Waals surface area contributed by atoms with Crippen LogP contribution in [-0.2, 0) is 23.1 Å². The maximum atomic E-state index is 13.8. The molecule has 0 atom stereocenters. The van der Waals surface area contributed by atoms with Crippen LogP contribution in [-0.4, -0.2) is 15.5 Å². The van der Waals surface area contributed by atoms with Crippen molar-refractivity contribution in [2.24, 2.45) is 0 Å². The standard InChI is InChI=1S/C13H14BrFN2O2S2/c1-16-6-9-2-3-12(15)13(4-9)21(18,19)17-7-11-5-10(14)8-20-11/h2-5,8,16-17H,6-7H2,1H3. The molecule has 0 radical (unpaired) electrons. The molecule has 0 saturated carbocycles. The largest absolute Gasteiger partial charge is 0.316 e. The van der Waals surface area contributed by atoms with Gasteiger partial charge in [0.1, 0.15) is 10.7 Å². The van der Waals surface area contributed by atoms with Crippen LogP contribution in [0.4, 0.5) is 4.39 Å². The molecule has 4 nitrogen and oxygen atoms in total. The summed E-state index contributed by atoms with van der Waals surface area (Å²) in [6.45, 7) is 0.606. The number of hydrogen-bond acceptors (Lipinski definition) is 4. The van der Waals surface area contributed by atoms with Gasteiger partial charge in [0.2, 0.25) is 10.0 Å². The van der Waals surface area contributed by atoms with E-state index in [9.17, 15) is 12.8 Å². The molecule has 2 rings (SSSR count). The van der Waals surface area contributed by atoms with E-state index in [1.807, 2.05) is 11.4 Å². The predicted octanol–water partition coefficient (Wildman–Crippen LogP) is 2.85. The van der Waals surface area contributed by atoms with E-state index < -0.39 is 15.8 Å². The number of nitrogens with one attached hydrogen (secondary N) is 2. The van der Waals surface area contributed by atoms with Gasteiger partial charge in [-0.05, 0) is 46.7 Å². The first-order valence-electron chi connectivity index (χ1n) is 6.08. The third kappa shape index (κ3) is 4.33. The SMILES string of the molecule is CNCc1ccc(F)c(S(=O)(=O)NCc2cc(Br)cs2)c1. The van der Waals surface area contributed by atoms with Crippen LogP contribution >= 0.6 is 27.3 Å². The van der Waals surface area contributed by atoms with E-state index in [-0.39, 0.29) is 11.4 Å². The zero-order chi connectivity index (χ0) is 15.5. The second-order valence-electron chi connectivity index (χ2n) is 4.35. The van der Waals surface area contributed by atoms with Crippen molar-refractivity contribution >= 4 is 37.3 Å². The van der Waals surface area contributed by atoms with Gasteiger partial charge in [0.15, 0.2) is 0 Å². The maximum absolute atomic E-state index is 13.8. The zero-order valence-corrected chi connectivity index (χ0v) is 14.4. The number of benzene rings is 1. The van der Waals surface area contributed by atoms with E-state index in [1.54, 1.807) is 13.1 Å². The van der Waals surface area contributed by atoms with Crippen molar-refractivity contribution in [2.75, 3.05) is 7.05 Å². The molecule has 21 heavy (non-hydrogen) atoms. The Labute approximate surface area is 135 Å². The molecule has 1 aromatic heterocycles. The summed E-state index contributed by atoms with van der Waals surface area (Å²) in [5.41, 5.74) is 0.707. The lowest BCUT2D eigenvalue weighted by atomic mass is 10.2. The summed E-state index contributed by atoms with van der Waals surface area (Å²) in [7, 11) is -2.14. The first-order chi connectivity index (χ1) is 9.92. The van der Waals surface area contributed by atoms with Gasteiger partial charge in [-0.15, -0.1) is 11.3 Å². The molecular weight excluding hydrogens is 379 g/mol. The number of rotatable bonds is 6. The topological polar surface area (TPSA) is 58.2 Å². The summed E-state index contributed by atoms with van der Waals surface area (Å²) in [5.74, 6) is -0.755. The first-order valence-corrected chi connectivity index (χ1v) is 9.23. The number of halogens is 2. The van der Waals surface area contributed by atoms with Crippen LogP contribution in [0, 0.1) is 5.82 Å². The zero-order valence-electron chi connectivity index (χ0n) is 11.2. The molecule has 1 heterocycles. The lowest BCUT2D eigenvalue weighted by molar-refractivity contribution is 0.556. The van der Waals surface area contributed by atoms with E-state index in [1.165, 1.54) is 23.5 Å². The molecule has 0 bridgehead atoms. The van der Waals surface area contributed by atoms with Gasteiger partial charge in [-0.3, -0.25) is 0 Å². The molecule has 0 aliphatic carbocycles. The molecule has 0 aliphatic heterocycles. The molecule has 2 N–H and O–H groups in total. The van der Waals surface area contributed by atoms with Crippen LogP contribution in [0.5, 0.6) is 0 Å². The van der Waals surface area contributed by atoms with Crippen LogP contribution in [0.1, 0.15) is 10.4 Å². The Balaban J connectivity index is 2.20. The maximum Gasteiger partial charge on any atom is 0.243 e. The Bertz CT molecular complexity index is 732. The Morgan fingerprint density at radius 3 is 2.67 bits per heavy atom. The van der Waals surface area contributed by atoms with Crippen molar-refractivity contribution in [3.8, 4) is 0 Å². The minimum Gasteiger partial charge on any atom is -0.316 e. The molecule has 114 valence electrons. The third-order valence-corrected chi connectivity index (χ3v) is 5.84. The summed E-state index contributed by atoms with van der Waals surface area (Å²) in [4.78, 5) is 0.517. The highest BCUT2D eigenvalue weighted by Crippen LogP contribution is 2.21. The fourth-order valence-corrected chi connectivity index (χ4v) is 4.37. The van der Waals surface area contributed by atoms with Crippen molar-refractivity contribution in [3.63, 3.8) is 0 Å². The van der Waals surface area contributed by atoms with E-state index in [2.05, 4.69) is 26.0 Å². The van der Waals surface area contributed by atoms with Gasteiger partial charge in [0.25, 0.3) is 0 Å². The highest BCUT2D eigenvalue weighted by Gasteiger charge is 2.19. The molecule has 0 unspecified atom stereocenters. The molecule has 0 aliphatic rings. The highest BCUT2D eigenvalue weighted by atomic mass is 79.9. The third-order valence-electron chi connectivity index (χ3n) is 2.72. The van der Waals surface area contributed by atoms with Gasteiger partial charge in [-0.25, -0.2) is 17.5 Å². The van der Waals surface area contributed by atoms with Gasteiger partial charge < -0.3 is 5.32 Å². The summed E-state index contributed by atoms with van der Waals surface area (Å²) in [5, 5.41) is 4.76. The second kappa shape index (κ2) is 6.97. The smallest absolute Gasteiger partial charge is 0.243 e. The van der Waals surface area contributed by atoms with E-state index in [0.29, 0.717) is 12.1 Å². The second-order valence-corrected chi connectivity index (χ2v) is 8.00. The lowest BCUT2D eigenvalue weighted by Gasteiger charge is -2.09. The van der Waals surface area contributed by atoms with Crippen LogP contribution in [0.25, 0.3) is 0 Å². The number of hydrogen-bond donors (Lipinski definition) is 2. The predicted molar refractivity (Wildman–Crippen MR) is 85.2 cm³/mol. The van der Waals surface area contributed by atoms with Gasteiger partial charge in [0, 0.05) is 27.8 Å². The number of thiophene rings is 1. The quantitative estimate of drug-likeness (QED) is 0.794. The van der Waals surface area contributed by atoms with E-state index in [4.69, 9.17) is 0 Å². The summed E-state index contributed by atoms with van der Waals surface area (Å²) >= 11 is 4.73. The minimum atomic E-state index is -3.88. The Morgan fingerprint density at radius 2 is 2.05 bits per heavy atom. The average Bonchev–Trinajstić information content (AvgIpc) is 2.85. The monoisotopic (exact) mass is 392 g/mol. The Morgan fingerprint density at radius 1 is 1.29 bits per heavy atom.